The Bertz CT molecular complexity index is 772. The lowest BCUT2D eigenvalue weighted by Crippen LogP contribution is -2.23. The van der Waals surface area contributed by atoms with Crippen LogP contribution in [-0.4, -0.2) is 25.7 Å². The quantitative estimate of drug-likeness (QED) is 0.613. The van der Waals surface area contributed by atoms with Crippen LogP contribution in [0.2, 0.25) is 0 Å². The monoisotopic (exact) mass is 270 g/mol. The number of nitrogens with one attached hydrogen (secondary N) is 2. The fourth-order valence-corrected chi connectivity index (χ4v) is 1.99. The largest absolute Gasteiger partial charge is 0.399 e. The van der Waals surface area contributed by atoms with Gasteiger partial charge in [-0.1, -0.05) is 0 Å². The Morgan fingerprint density at radius 1 is 1.45 bits per heavy atom. The van der Waals surface area contributed by atoms with Gasteiger partial charge in [0, 0.05) is 23.6 Å². The van der Waals surface area contributed by atoms with E-state index in [9.17, 15) is 4.79 Å². The number of benzene rings is 1. The number of H-pyrrole nitrogens is 1. The molecular formula is C13H14N6O. The van der Waals surface area contributed by atoms with Gasteiger partial charge >= 0.3 is 0 Å². The van der Waals surface area contributed by atoms with E-state index in [0.29, 0.717) is 17.2 Å². The number of hydrogen-bond acceptors (Lipinski definition) is 4. The third-order valence-electron chi connectivity index (χ3n) is 2.94. The molecule has 102 valence electrons. The van der Waals surface area contributed by atoms with Gasteiger partial charge in [0.2, 0.25) is 0 Å². The number of anilines is 1. The summed E-state index contributed by atoms with van der Waals surface area (Å²) in [4.78, 5) is 19.1. The second kappa shape index (κ2) is 4.69. The van der Waals surface area contributed by atoms with Crippen LogP contribution in [-0.2, 0) is 13.6 Å². The SMILES string of the molecule is Cn1cnc(CNC(=O)c2cc3cc(N)ccc3[nH]2)n1. The molecule has 0 unspecified atom stereocenters. The van der Waals surface area contributed by atoms with Crippen LogP contribution in [0, 0.1) is 0 Å². The van der Waals surface area contributed by atoms with E-state index in [0.717, 1.165) is 10.9 Å². The third kappa shape index (κ3) is 2.33. The van der Waals surface area contributed by atoms with Crippen molar-refractivity contribution in [1.82, 2.24) is 25.1 Å². The summed E-state index contributed by atoms with van der Waals surface area (Å²) < 4.78 is 1.59. The highest BCUT2D eigenvalue weighted by atomic mass is 16.1. The van der Waals surface area contributed by atoms with E-state index in [4.69, 9.17) is 5.73 Å². The summed E-state index contributed by atoms with van der Waals surface area (Å²) in [6.45, 7) is 0.289. The van der Waals surface area contributed by atoms with Gasteiger partial charge in [-0.3, -0.25) is 9.48 Å². The molecule has 2 aromatic heterocycles. The summed E-state index contributed by atoms with van der Waals surface area (Å²) in [6, 6.07) is 7.23. The van der Waals surface area contributed by atoms with Gasteiger partial charge in [-0.05, 0) is 24.3 Å². The Labute approximate surface area is 114 Å². The lowest BCUT2D eigenvalue weighted by atomic mass is 10.2. The van der Waals surface area contributed by atoms with E-state index in [2.05, 4.69) is 20.4 Å². The first-order valence-corrected chi connectivity index (χ1v) is 6.13. The minimum absolute atomic E-state index is 0.202. The maximum Gasteiger partial charge on any atom is 0.268 e. The number of rotatable bonds is 3. The molecule has 0 aliphatic rings. The molecule has 3 aromatic rings. The van der Waals surface area contributed by atoms with Gasteiger partial charge < -0.3 is 16.0 Å². The molecule has 0 atom stereocenters. The lowest BCUT2D eigenvalue weighted by Gasteiger charge is -1.99. The average Bonchev–Trinajstić information content (AvgIpc) is 3.01. The number of aryl methyl sites for hydroxylation is 1. The molecule has 7 nitrogen and oxygen atoms in total. The predicted molar refractivity (Wildman–Crippen MR) is 74.9 cm³/mol. The summed E-state index contributed by atoms with van der Waals surface area (Å²) in [7, 11) is 1.78. The highest BCUT2D eigenvalue weighted by molar-refractivity contribution is 5.98. The van der Waals surface area contributed by atoms with Crippen LogP contribution < -0.4 is 11.1 Å². The first kappa shape index (κ1) is 12.2. The van der Waals surface area contributed by atoms with Gasteiger partial charge in [0.1, 0.15) is 12.0 Å². The molecule has 0 spiro atoms. The van der Waals surface area contributed by atoms with E-state index < -0.39 is 0 Å². The van der Waals surface area contributed by atoms with E-state index >= 15 is 0 Å². The van der Waals surface area contributed by atoms with Crippen molar-refractivity contribution in [1.29, 1.82) is 0 Å². The average molecular weight is 270 g/mol. The summed E-state index contributed by atoms with van der Waals surface area (Å²) in [6.07, 6.45) is 1.59. The van der Waals surface area contributed by atoms with Crippen molar-refractivity contribution in [2.75, 3.05) is 5.73 Å². The zero-order valence-corrected chi connectivity index (χ0v) is 10.9. The first-order chi connectivity index (χ1) is 9.61. The van der Waals surface area contributed by atoms with Crippen molar-refractivity contribution in [3.05, 3.63) is 42.1 Å². The highest BCUT2D eigenvalue weighted by Gasteiger charge is 2.10. The summed E-state index contributed by atoms with van der Waals surface area (Å²) in [5, 5.41) is 7.77. The molecule has 4 N–H and O–H groups in total. The Balaban J connectivity index is 1.75. The van der Waals surface area contributed by atoms with Crippen LogP contribution in [0.3, 0.4) is 0 Å². The van der Waals surface area contributed by atoms with Crippen LogP contribution in [0.4, 0.5) is 5.69 Å². The van der Waals surface area contributed by atoms with Crippen LogP contribution in [0.15, 0.2) is 30.6 Å². The van der Waals surface area contributed by atoms with Gasteiger partial charge in [-0.15, -0.1) is 0 Å². The topological polar surface area (TPSA) is 102 Å². The van der Waals surface area contributed by atoms with Crippen LogP contribution >= 0.6 is 0 Å². The van der Waals surface area contributed by atoms with Crippen molar-refractivity contribution >= 4 is 22.5 Å². The smallest absolute Gasteiger partial charge is 0.268 e. The Kier molecular flexibility index (Phi) is 2.86. The molecule has 7 heteroatoms. The molecule has 3 rings (SSSR count). The van der Waals surface area contributed by atoms with Crippen molar-refractivity contribution in [3.8, 4) is 0 Å². The number of aromatic nitrogens is 4. The predicted octanol–water partition coefficient (Wildman–Crippen LogP) is 0.809. The minimum Gasteiger partial charge on any atom is -0.399 e. The molecule has 0 aliphatic carbocycles. The number of carbonyl (C=O) groups excluding carboxylic acids is 1. The van der Waals surface area contributed by atoms with E-state index in [1.54, 1.807) is 30.2 Å². The number of nitrogens with zero attached hydrogens (tertiary/aromatic N) is 3. The first-order valence-electron chi connectivity index (χ1n) is 6.13. The minimum atomic E-state index is -0.202. The van der Waals surface area contributed by atoms with Gasteiger partial charge in [0.05, 0.1) is 6.54 Å². The molecule has 0 radical (unpaired) electrons. The van der Waals surface area contributed by atoms with Crippen molar-refractivity contribution in [2.45, 2.75) is 6.54 Å². The maximum absolute atomic E-state index is 12.0. The van der Waals surface area contributed by atoms with E-state index in [-0.39, 0.29) is 12.5 Å². The fourth-order valence-electron chi connectivity index (χ4n) is 1.99. The number of fused-ring (bicyclic) bond motifs is 1. The molecule has 0 saturated heterocycles. The van der Waals surface area contributed by atoms with Crippen molar-refractivity contribution in [3.63, 3.8) is 0 Å². The zero-order valence-electron chi connectivity index (χ0n) is 10.9. The van der Waals surface area contributed by atoms with E-state index in [1.165, 1.54) is 0 Å². The van der Waals surface area contributed by atoms with Crippen LogP contribution in [0.1, 0.15) is 16.3 Å². The molecule has 0 aliphatic heterocycles. The number of aromatic amines is 1. The Morgan fingerprint density at radius 2 is 2.30 bits per heavy atom. The molecule has 0 fully saturated rings. The molecule has 20 heavy (non-hydrogen) atoms. The second-order valence-electron chi connectivity index (χ2n) is 4.55. The normalized spacial score (nSPS) is 10.8. The summed E-state index contributed by atoms with van der Waals surface area (Å²) in [5.41, 5.74) is 7.74. The van der Waals surface area contributed by atoms with Gasteiger partial charge in [-0.25, -0.2) is 4.98 Å². The second-order valence-corrected chi connectivity index (χ2v) is 4.55. The third-order valence-corrected chi connectivity index (χ3v) is 2.94. The molecular weight excluding hydrogens is 256 g/mol. The van der Waals surface area contributed by atoms with Crippen molar-refractivity contribution < 1.29 is 4.79 Å². The van der Waals surface area contributed by atoms with Gasteiger partial charge in [0.15, 0.2) is 5.82 Å². The van der Waals surface area contributed by atoms with Crippen molar-refractivity contribution in [2.24, 2.45) is 7.05 Å². The Hall–Kier alpha value is -2.83. The standard InChI is InChI=1S/C13H14N6O/c1-19-7-16-12(18-19)6-15-13(20)11-5-8-4-9(14)2-3-10(8)17-11/h2-5,7,17H,6,14H2,1H3,(H,15,20). The van der Waals surface area contributed by atoms with Crippen LogP contribution in [0.25, 0.3) is 10.9 Å². The van der Waals surface area contributed by atoms with Gasteiger partial charge in [-0.2, -0.15) is 5.10 Å². The number of carbonyl (C=O) groups is 1. The number of hydrogen-bond donors (Lipinski definition) is 3. The number of amides is 1. The molecule has 0 saturated carbocycles. The number of nitrogen functional groups attached to an aromatic ring is 1. The maximum atomic E-state index is 12.0. The summed E-state index contributed by atoms with van der Waals surface area (Å²) in [5.74, 6) is 0.369. The van der Waals surface area contributed by atoms with Gasteiger partial charge in [0.25, 0.3) is 5.91 Å². The highest BCUT2D eigenvalue weighted by Crippen LogP contribution is 2.18. The number of nitrogens with two attached hydrogens (primary N) is 1. The Morgan fingerprint density at radius 3 is 3.05 bits per heavy atom. The molecule has 0 bridgehead atoms. The summed E-state index contributed by atoms with van der Waals surface area (Å²) >= 11 is 0. The molecule has 1 aromatic carbocycles. The fraction of sp³-hybridized carbons (Fsp3) is 0.154. The molecule has 1 amide bonds. The molecule has 2 heterocycles. The zero-order chi connectivity index (χ0) is 14.1. The van der Waals surface area contributed by atoms with E-state index in [1.807, 2.05) is 12.1 Å². The lowest BCUT2D eigenvalue weighted by molar-refractivity contribution is 0.0945. The van der Waals surface area contributed by atoms with Crippen LogP contribution in [0.5, 0.6) is 0 Å².